The highest BCUT2D eigenvalue weighted by Gasteiger charge is 2.24. The number of sulfone groups is 1. The Morgan fingerprint density at radius 3 is 2.38 bits per heavy atom. The van der Waals surface area contributed by atoms with Gasteiger partial charge < -0.3 is 5.32 Å². The lowest BCUT2D eigenvalue weighted by Gasteiger charge is -2.15. The monoisotopic (exact) mass is 325 g/mol. The molecule has 1 aromatic carbocycles. The van der Waals surface area contributed by atoms with Crippen LogP contribution in [0.1, 0.15) is 40.7 Å². The summed E-state index contributed by atoms with van der Waals surface area (Å²) in [6.07, 6.45) is 1.22. The first kappa shape index (κ1) is 16.1. The molecule has 0 aliphatic rings. The Morgan fingerprint density at radius 2 is 1.81 bits per heavy atom. The highest BCUT2D eigenvalue weighted by Crippen LogP contribution is 2.30. The Bertz CT molecular complexity index is 683. The van der Waals surface area contributed by atoms with E-state index in [9.17, 15) is 8.42 Å². The molecule has 2 rings (SSSR count). The molecule has 0 aliphatic heterocycles. The molecular weight excluding hydrogens is 306 g/mol. The van der Waals surface area contributed by atoms with Crippen LogP contribution in [0.2, 0.25) is 0 Å². The van der Waals surface area contributed by atoms with E-state index in [4.69, 9.17) is 0 Å². The second kappa shape index (κ2) is 6.64. The molecule has 0 fully saturated rings. The summed E-state index contributed by atoms with van der Waals surface area (Å²) in [5.74, 6) is 0. The Balaban J connectivity index is 2.33. The molecular formula is C14H19N3O2S2. The zero-order valence-electron chi connectivity index (χ0n) is 12.3. The molecule has 0 spiro atoms. The van der Waals surface area contributed by atoms with Crippen molar-refractivity contribution in [2.75, 3.05) is 12.8 Å². The lowest BCUT2D eigenvalue weighted by molar-refractivity contribution is 0.591. The van der Waals surface area contributed by atoms with E-state index in [0.717, 1.165) is 17.1 Å². The van der Waals surface area contributed by atoms with Crippen LogP contribution in [-0.2, 0) is 9.84 Å². The molecule has 0 radical (unpaired) electrons. The van der Waals surface area contributed by atoms with Gasteiger partial charge in [-0.05, 0) is 19.0 Å². The molecule has 114 valence electrons. The number of nitrogens with one attached hydrogen (secondary N) is 1. The maximum atomic E-state index is 11.6. The summed E-state index contributed by atoms with van der Waals surface area (Å²) in [4.78, 5) is 0. The van der Waals surface area contributed by atoms with Crippen LogP contribution < -0.4 is 5.32 Å². The van der Waals surface area contributed by atoms with Crippen LogP contribution in [0.4, 0.5) is 0 Å². The van der Waals surface area contributed by atoms with Crippen molar-refractivity contribution in [2.45, 2.75) is 25.1 Å². The van der Waals surface area contributed by atoms with Gasteiger partial charge in [-0.2, -0.15) is 0 Å². The number of benzene rings is 1. The number of aromatic nitrogens is 2. The normalized spacial score (nSPS) is 14.8. The van der Waals surface area contributed by atoms with Gasteiger partial charge >= 0.3 is 0 Å². The predicted molar refractivity (Wildman–Crippen MR) is 85.1 cm³/mol. The van der Waals surface area contributed by atoms with Gasteiger partial charge in [-0.1, -0.05) is 48.6 Å². The standard InChI is InChI=1S/C14H19N3O2S2/c1-4-15-12(11-8-6-5-7-9-11)14-17-16-13(20-14)10(2)21(3,18)19/h5-10,12,15H,4H2,1-3H3. The summed E-state index contributed by atoms with van der Waals surface area (Å²) in [5, 5.41) is 12.3. The van der Waals surface area contributed by atoms with Crippen molar-refractivity contribution in [3.8, 4) is 0 Å². The minimum atomic E-state index is -3.16. The number of nitrogens with zero attached hydrogens (tertiary/aromatic N) is 2. The molecule has 7 heteroatoms. The van der Waals surface area contributed by atoms with Gasteiger partial charge in [0.1, 0.15) is 15.3 Å². The van der Waals surface area contributed by atoms with Crippen LogP contribution in [-0.4, -0.2) is 31.4 Å². The van der Waals surface area contributed by atoms with Gasteiger partial charge in [0.25, 0.3) is 0 Å². The highest BCUT2D eigenvalue weighted by molar-refractivity contribution is 7.91. The van der Waals surface area contributed by atoms with E-state index in [-0.39, 0.29) is 6.04 Å². The van der Waals surface area contributed by atoms with Crippen molar-refractivity contribution in [3.63, 3.8) is 0 Å². The van der Waals surface area contributed by atoms with E-state index < -0.39 is 15.1 Å². The second-order valence-corrected chi connectivity index (χ2v) is 8.26. The zero-order valence-corrected chi connectivity index (χ0v) is 13.9. The van der Waals surface area contributed by atoms with Crippen molar-refractivity contribution < 1.29 is 8.42 Å². The number of hydrogen-bond donors (Lipinski definition) is 1. The van der Waals surface area contributed by atoms with Gasteiger partial charge in [-0.3, -0.25) is 0 Å². The summed E-state index contributed by atoms with van der Waals surface area (Å²) < 4.78 is 23.3. The fraction of sp³-hybridized carbons (Fsp3) is 0.429. The molecule has 1 N–H and O–H groups in total. The van der Waals surface area contributed by atoms with Gasteiger partial charge in [-0.25, -0.2) is 8.42 Å². The SMILES string of the molecule is CCNC(c1ccccc1)c1nnc(C(C)S(C)(=O)=O)s1. The molecule has 1 heterocycles. The Kier molecular flexibility index (Phi) is 5.08. The number of rotatable bonds is 6. The maximum Gasteiger partial charge on any atom is 0.156 e. The molecule has 0 aliphatic carbocycles. The van der Waals surface area contributed by atoms with E-state index >= 15 is 0 Å². The topological polar surface area (TPSA) is 72.0 Å². The quantitative estimate of drug-likeness (QED) is 0.882. The third kappa shape index (κ3) is 3.87. The van der Waals surface area contributed by atoms with E-state index in [1.54, 1.807) is 6.92 Å². The predicted octanol–water partition coefficient (Wildman–Crippen LogP) is 2.34. The second-order valence-electron chi connectivity index (χ2n) is 4.85. The van der Waals surface area contributed by atoms with E-state index in [2.05, 4.69) is 15.5 Å². The minimum absolute atomic E-state index is 0.0609. The van der Waals surface area contributed by atoms with E-state index in [1.165, 1.54) is 17.6 Å². The average Bonchev–Trinajstić information content (AvgIpc) is 2.93. The lowest BCUT2D eigenvalue weighted by atomic mass is 10.1. The first-order valence-corrected chi connectivity index (χ1v) is 9.51. The molecule has 0 saturated heterocycles. The highest BCUT2D eigenvalue weighted by atomic mass is 32.2. The van der Waals surface area contributed by atoms with Gasteiger partial charge in [-0.15, -0.1) is 10.2 Å². The van der Waals surface area contributed by atoms with Crippen molar-refractivity contribution in [2.24, 2.45) is 0 Å². The third-order valence-electron chi connectivity index (χ3n) is 3.23. The van der Waals surface area contributed by atoms with Gasteiger partial charge in [0.15, 0.2) is 9.84 Å². The molecule has 0 saturated carbocycles. The van der Waals surface area contributed by atoms with Crippen molar-refractivity contribution in [1.82, 2.24) is 15.5 Å². The van der Waals surface area contributed by atoms with Gasteiger partial charge in [0.2, 0.25) is 0 Å². The van der Waals surface area contributed by atoms with Crippen LogP contribution in [0.15, 0.2) is 30.3 Å². The van der Waals surface area contributed by atoms with Gasteiger partial charge in [0, 0.05) is 6.26 Å². The summed E-state index contributed by atoms with van der Waals surface area (Å²) in [6, 6.07) is 9.89. The van der Waals surface area contributed by atoms with Crippen LogP contribution in [0.3, 0.4) is 0 Å². The lowest BCUT2D eigenvalue weighted by Crippen LogP contribution is -2.21. The summed E-state index contributed by atoms with van der Waals surface area (Å²) >= 11 is 1.35. The Labute approximate surface area is 129 Å². The van der Waals surface area contributed by atoms with Gasteiger partial charge in [0.05, 0.1) is 6.04 Å². The molecule has 1 aromatic heterocycles. The fourth-order valence-corrected chi connectivity index (χ4v) is 3.87. The summed E-state index contributed by atoms with van der Waals surface area (Å²) in [6.45, 7) is 4.46. The zero-order chi connectivity index (χ0) is 15.5. The molecule has 0 bridgehead atoms. The molecule has 2 unspecified atom stereocenters. The fourth-order valence-electron chi connectivity index (χ4n) is 1.91. The summed E-state index contributed by atoms with van der Waals surface area (Å²) in [5.41, 5.74) is 1.09. The molecule has 2 atom stereocenters. The van der Waals surface area contributed by atoms with E-state index in [0.29, 0.717) is 5.01 Å². The molecule has 2 aromatic rings. The van der Waals surface area contributed by atoms with Crippen LogP contribution in [0.5, 0.6) is 0 Å². The smallest absolute Gasteiger partial charge is 0.156 e. The number of hydrogen-bond acceptors (Lipinski definition) is 6. The van der Waals surface area contributed by atoms with Crippen molar-refractivity contribution in [3.05, 3.63) is 45.9 Å². The first-order valence-electron chi connectivity index (χ1n) is 6.74. The molecule has 0 amide bonds. The first-order chi connectivity index (χ1) is 9.93. The van der Waals surface area contributed by atoms with Crippen molar-refractivity contribution >= 4 is 21.2 Å². The van der Waals surface area contributed by atoms with Crippen molar-refractivity contribution in [1.29, 1.82) is 0 Å². The van der Waals surface area contributed by atoms with Crippen LogP contribution in [0, 0.1) is 0 Å². The minimum Gasteiger partial charge on any atom is -0.304 e. The Hall–Kier alpha value is -1.31. The maximum absolute atomic E-state index is 11.6. The molecule has 21 heavy (non-hydrogen) atoms. The summed E-state index contributed by atoms with van der Waals surface area (Å²) in [7, 11) is -3.16. The largest absolute Gasteiger partial charge is 0.304 e. The molecule has 5 nitrogen and oxygen atoms in total. The van der Waals surface area contributed by atoms with Crippen LogP contribution in [0.25, 0.3) is 0 Å². The average molecular weight is 325 g/mol. The van der Waals surface area contributed by atoms with E-state index in [1.807, 2.05) is 37.3 Å². The van der Waals surface area contributed by atoms with Crippen LogP contribution >= 0.6 is 11.3 Å². The third-order valence-corrected chi connectivity index (χ3v) is 6.06. The Morgan fingerprint density at radius 1 is 1.19 bits per heavy atom.